The van der Waals surface area contributed by atoms with Crippen LogP contribution in [0.25, 0.3) is 10.9 Å². The second-order valence-electron chi connectivity index (χ2n) is 4.14. The quantitative estimate of drug-likeness (QED) is 0.845. The largest absolute Gasteiger partial charge is 0.397 e. The number of anilines is 1. The highest BCUT2D eigenvalue weighted by atomic mass is 79.9. The minimum Gasteiger partial charge on any atom is -0.397 e. The van der Waals surface area contributed by atoms with Crippen LogP contribution in [-0.4, -0.2) is 21.9 Å². The molecule has 0 fully saturated rings. The Hall–Kier alpha value is -0.780. The van der Waals surface area contributed by atoms with Crippen LogP contribution in [0, 0.1) is 0 Å². The number of aromatic nitrogens is 1. The van der Waals surface area contributed by atoms with E-state index in [4.69, 9.17) is 10.8 Å². The lowest BCUT2D eigenvalue weighted by atomic mass is 10.2. The Morgan fingerprint density at radius 1 is 1.50 bits per heavy atom. The summed E-state index contributed by atoms with van der Waals surface area (Å²) in [6.07, 6.45) is 2.45. The average molecular weight is 327 g/mol. The highest BCUT2D eigenvalue weighted by molar-refractivity contribution is 9.10. The fourth-order valence-electron chi connectivity index (χ4n) is 1.73. The van der Waals surface area contributed by atoms with Crippen LogP contribution < -0.4 is 5.73 Å². The molecule has 0 saturated heterocycles. The maximum absolute atomic E-state index is 8.98. The molecule has 18 heavy (non-hydrogen) atoms. The van der Waals surface area contributed by atoms with Gasteiger partial charge >= 0.3 is 0 Å². The first-order chi connectivity index (χ1) is 8.61. The lowest BCUT2D eigenvalue weighted by molar-refractivity contribution is 0.289. The molecule has 0 aliphatic heterocycles. The van der Waals surface area contributed by atoms with Crippen molar-refractivity contribution in [1.82, 2.24) is 4.98 Å². The van der Waals surface area contributed by atoms with Gasteiger partial charge in [0.2, 0.25) is 0 Å². The number of hydrogen-bond acceptors (Lipinski definition) is 4. The molecule has 1 aromatic heterocycles. The molecule has 3 N–H and O–H groups in total. The van der Waals surface area contributed by atoms with Crippen molar-refractivity contribution >= 4 is 44.3 Å². The number of hydrogen-bond donors (Lipinski definition) is 2. The van der Waals surface area contributed by atoms with Crippen molar-refractivity contribution in [2.75, 3.05) is 12.3 Å². The molecular weight excluding hydrogens is 312 g/mol. The zero-order valence-electron chi connectivity index (χ0n) is 10.1. The van der Waals surface area contributed by atoms with E-state index in [0.717, 1.165) is 26.7 Å². The fraction of sp³-hybridized carbons (Fsp3) is 0.308. The molecule has 96 valence electrons. The van der Waals surface area contributed by atoms with Crippen LogP contribution in [0.3, 0.4) is 0 Å². The van der Waals surface area contributed by atoms with Gasteiger partial charge in [0, 0.05) is 26.6 Å². The molecule has 0 amide bonds. The van der Waals surface area contributed by atoms with Gasteiger partial charge in [0.05, 0.1) is 17.4 Å². The first kappa shape index (κ1) is 13.6. The topological polar surface area (TPSA) is 59.1 Å². The molecule has 1 aromatic carbocycles. The summed E-state index contributed by atoms with van der Waals surface area (Å²) in [5.74, 6) is 0. The van der Waals surface area contributed by atoms with Gasteiger partial charge in [-0.3, -0.25) is 4.98 Å². The van der Waals surface area contributed by atoms with Crippen LogP contribution in [0.5, 0.6) is 0 Å². The highest BCUT2D eigenvalue weighted by Gasteiger charge is 2.11. The Morgan fingerprint density at radius 2 is 2.28 bits per heavy atom. The number of nitrogens with two attached hydrogens (primary N) is 1. The summed E-state index contributed by atoms with van der Waals surface area (Å²) in [6, 6.07) is 5.98. The Balaban J connectivity index is 2.46. The molecule has 2 aromatic rings. The van der Waals surface area contributed by atoms with Crippen LogP contribution in [-0.2, 0) is 0 Å². The Bertz CT molecular complexity index is 557. The monoisotopic (exact) mass is 326 g/mol. The van der Waals surface area contributed by atoms with E-state index in [1.807, 2.05) is 18.2 Å². The zero-order valence-corrected chi connectivity index (χ0v) is 12.5. The summed E-state index contributed by atoms with van der Waals surface area (Å²) >= 11 is 5.16. The molecule has 0 spiro atoms. The predicted octanol–water partition coefficient (Wildman–Crippen LogP) is 3.44. The summed E-state index contributed by atoms with van der Waals surface area (Å²) in [4.78, 5) is 5.37. The summed E-state index contributed by atoms with van der Waals surface area (Å²) in [7, 11) is 0. The Labute approximate surface area is 119 Å². The van der Waals surface area contributed by atoms with E-state index in [0.29, 0.717) is 10.9 Å². The number of nitrogens with zero attached hydrogens (tertiary/aromatic N) is 1. The van der Waals surface area contributed by atoms with Gasteiger partial charge < -0.3 is 10.8 Å². The van der Waals surface area contributed by atoms with Crippen molar-refractivity contribution in [1.29, 1.82) is 0 Å². The van der Waals surface area contributed by atoms with E-state index < -0.39 is 0 Å². The summed E-state index contributed by atoms with van der Waals surface area (Å²) in [6.45, 7) is 2.28. The van der Waals surface area contributed by atoms with Gasteiger partial charge in [0.25, 0.3) is 0 Å². The van der Waals surface area contributed by atoms with Gasteiger partial charge in [0.1, 0.15) is 0 Å². The van der Waals surface area contributed by atoms with E-state index in [9.17, 15) is 0 Å². The fourth-order valence-corrected chi connectivity index (χ4v) is 3.20. The van der Waals surface area contributed by atoms with Crippen molar-refractivity contribution < 1.29 is 5.11 Å². The van der Waals surface area contributed by atoms with Crippen LogP contribution in [0.2, 0.25) is 0 Å². The minimum absolute atomic E-state index is 0.195. The molecule has 0 aliphatic carbocycles. The second kappa shape index (κ2) is 5.91. The molecule has 2 rings (SSSR count). The van der Waals surface area contributed by atoms with E-state index in [2.05, 4.69) is 27.8 Å². The lowest BCUT2D eigenvalue weighted by Gasteiger charge is -2.13. The van der Waals surface area contributed by atoms with E-state index in [1.165, 1.54) is 0 Å². The minimum atomic E-state index is 0.195. The molecule has 0 bridgehead atoms. The van der Waals surface area contributed by atoms with E-state index >= 15 is 0 Å². The van der Waals surface area contributed by atoms with Crippen molar-refractivity contribution in [2.45, 2.75) is 23.5 Å². The predicted molar refractivity (Wildman–Crippen MR) is 80.9 cm³/mol. The van der Waals surface area contributed by atoms with E-state index in [-0.39, 0.29) is 6.61 Å². The molecule has 0 radical (unpaired) electrons. The highest BCUT2D eigenvalue weighted by Crippen LogP contribution is 2.36. The number of rotatable bonds is 4. The van der Waals surface area contributed by atoms with Gasteiger partial charge in [0.15, 0.2) is 0 Å². The molecule has 5 heteroatoms. The van der Waals surface area contributed by atoms with Crippen molar-refractivity contribution in [2.24, 2.45) is 0 Å². The Morgan fingerprint density at radius 3 is 3.00 bits per heavy atom. The van der Waals surface area contributed by atoms with Gasteiger partial charge in [-0.05, 0) is 24.6 Å². The summed E-state index contributed by atoms with van der Waals surface area (Å²) in [5, 5.41) is 10.4. The number of thioether (sulfide) groups is 1. The van der Waals surface area contributed by atoms with Gasteiger partial charge in [-0.25, -0.2) is 0 Å². The summed E-state index contributed by atoms with van der Waals surface area (Å²) in [5.41, 5.74) is 7.65. The molecule has 0 saturated carbocycles. The number of halogens is 1. The second-order valence-corrected chi connectivity index (χ2v) is 6.51. The van der Waals surface area contributed by atoms with Gasteiger partial charge in [-0.15, -0.1) is 11.8 Å². The number of aliphatic hydroxyl groups is 1. The molecule has 3 nitrogen and oxygen atoms in total. The summed E-state index contributed by atoms with van der Waals surface area (Å²) < 4.78 is 1.01. The number of pyridine rings is 1. The van der Waals surface area contributed by atoms with Gasteiger partial charge in [-0.2, -0.15) is 0 Å². The number of benzene rings is 1. The van der Waals surface area contributed by atoms with Crippen molar-refractivity contribution in [3.63, 3.8) is 0 Å². The third-order valence-electron chi connectivity index (χ3n) is 2.66. The third kappa shape index (κ3) is 2.96. The smallest absolute Gasteiger partial charge is 0.0715 e. The van der Waals surface area contributed by atoms with Crippen LogP contribution in [0.4, 0.5) is 5.69 Å². The maximum atomic E-state index is 8.98. The van der Waals surface area contributed by atoms with Crippen molar-refractivity contribution in [3.8, 4) is 0 Å². The molecule has 1 heterocycles. The zero-order chi connectivity index (χ0) is 13.1. The first-order valence-electron chi connectivity index (χ1n) is 5.73. The van der Waals surface area contributed by atoms with Crippen molar-refractivity contribution in [3.05, 3.63) is 28.9 Å². The van der Waals surface area contributed by atoms with E-state index in [1.54, 1.807) is 18.0 Å². The first-order valence-corrected chi connectivity index (χ1v) is 7.40. The average Bonchev–Trinajstić information content (AvgIpc) is 2.33. The number of nitrogen functional groups attached to an aromatic ring is 1. The standard InChI is InChI=1S/C13H15BrN2OS/c1-8(4-5-17)18-13-10-6-9(14)2-3-12(10)16-7-11(13)15/h2-3,6-8,17H,4-5,15H2,1H3. The molecular formula is C13H15BrN2OS. The number of fused-ring (bicyclic) bond motifs is 1. The van der Waals surface area contributed by atoms with Gasteiger partial charge in [-0.1, -0.05) is 22.9 Å². The maximum Gasteiger partial charge on any atom is 0.0715 e. The lowest BCUT2D eigenvalue weighted by Crippen LogP contribution is -2.01. The third-order valence-corrected chi connectivity index (χ3v) is 4.49. The van der Waals surface area contributed by atoms with Crippen LogP contribution in [0.1, 0.15) is 13.3 Å². The van der Waals surface area contributed by atoms with Crippen LogP contribution in [0.15, 0.2) is 33.8 Å². The SMILES string of the molecule is CC(CCO)Sc1c(N)cnc2ccc(Br)cc12. The molecule has 1 unspecified atom stereocenters. The Kier molecular flexibility index (Phi) is 4.48. The number of aliphatic hydroxyl groups excluding tert-OH is 1. The van der Waals surface area contributed by atoms with Crippen LogP contribution >= 0.6 is 27.7 Å². The molecule has 1 atom stereocenters. The molecule has 0 aliphatic rings. The normalized spacial score (nSPS) is 12.8.